The number of carbonyl (C=O) groups excluding carboxylic acids is 10. The van der Waals surface area contributed by atoms with E-state index >= 15 is 0 Å². The second-order valence-electron chi connectivity index (χ2n) is 25.3. The molecule has 10 amide bonds. The third-order valence-corrected chi connectivity index (χ3v) is 19.6. The summed E-state index contributed by atoms with van der Waals surface area (Å²) in [5.41, 5.74) is 12.1. The number of hydrogen-bond acceptors (Lipinski definition) is 16. The summed E-state index contributed by atoms with van der Waals surface area (Å²) in [5.74, 6) is -4.83. The quantitative estimate of drug-likeness (QED) is 0.128. The Hall–Kier alpha value is -15.4. The highest BCUT2D eigenvalue weighted by Crippen LogP contribution is 2.45. The number of hydrogen-bond donors (Lipinski definition) is 0. The summed E-state index contributed by atoms with van der Waals surface area (Å²) in [6, 6.07) is 64.6. The monoisotopic (exact) mass is 1390 g/mol. The molecule has 0 bridgehead atoms. The molecular weight excluding hydrogens is 1350 g/mol. The fraction of sp³-hybridized carbons (Fsp3) is 0. The zero-order chi connectivity index (χ0) is 72.9. The van der Waals surface area contributed by atoms with Crippen LogP contribution in [0.3, 0.4) is 0 Å². The maximum absolute atomic E-state index is 13.9. The van der Waals surface area contributed by atoms with E-state index in [-0.39, 0.29) is 56.3 Å². The van der Waals surface area contributed by atoms with Crippen molar-refractivity contribution in [3.05, 3.63) is 342 Å². The van der Waals surface area contributed by atoms with Crippen LogP contribution in [0.5, 0.6) is 0 Å². The van der Waals surface area contributed by atoms with Gasteiger partial charge in [-0.05, 0) is 209 Å². The van der Waals surface area contributed by atoms with Crippen LogP contribution in [-0.2, 0) is 0 Å². The highest BCUT2D eigenvalue weighted by Gasteiger charge is 2.44. The minimum Gasteiger partial charge on any atom is -0.268 e. The van der Waals surface area contributed by atoms with E-state index in [1.807, 2.05) is 97.1 Å². The van der Waals surface area contributed by atoms with Gasteiger partial charge in [-0.25, -0.2) is 24.5 Å². The van der Waals surface area contributed by atoms with Crippen molar-refractivity contribution in [2.75, 3.05) is 24.5 Å². The molecule has 9 aromatic carbocycles. The summed E-state index contributed by atoms with van der Waals surface area (Å²) in [6.45, 7) is 0. The van der Waals surface area contributed by atoms with Crippen molar-refractivity contribution in [2.24, 2.45) is 0 Å². The molecule has 20 rings (SSSR count). The lowest BCUT2D eigenvalue weighted by Crippen LogP contribution is -2.43. The molecule has 0 radical (unpaired) electrons. The fourth-order valence-corrected chi connectivity index (χ4v) is 14.6. The predicted molar refractivity (Wildman–Crippen MR) is 400 cm³/mol. The molecule has 0 saturated carbocycles. The number of carbonyl (C=O) groups is 10. The summed E-state index contributed by atoms with van der Waals surface area (Å²) < 4.78 is 0. The van der Waals surface area contributed by atoms with Gasteiger partial charge in [0.15, 0.2) is 0 Å². The highest BCUT2D eigenvalue weighted by molar-refractivity contribution is 6.45. The van der Waals surface area contributed by atoms with Gasteiger partial charge in [-0.2, -0.15) is 0 Å². The first-order valence-electron chi connectivity index (χ1n) is 33.6. The minimum absolute atomic E-state index is 0.250. The predicted octanol–water partition coefficient (Wildman–Crippen LogP) is 15.0. The Kier molecular flexibility index (Phi) is 15.1. The Bertz CT molecular complexity index is 5940. The van der Waals surface area contributed by atoms with Gasteiger partial charge in [0.25, 0.3) is 59.1 Å². The number of imide groups is 5. The number of fused-ring (bicyclic) bond motifs is 3. The summed E-state index contributed by atoms with van der Waals surface area (Å²) >= 11 is 0. The van der Waals surface area contributed by atoms with Gasteiger partial charge in [-0.1, -0.05) is 48.5 Å². The highest BCUT2D eigenvalue weighted by atomic mass is 16.2. The van der Waals surface area contributed by atoms with Crippen LogP contribution in [0.4, 0.5) is 28.4 Å². The van der Waals surface area contributed by atoms with Crippen LogP contribution >= 0.6 is 0 Å². The standard InChI is InChI=1S/C36H20N4O4.C32H16N4O4.C18H11N3O2/c41-33-27-9-11-29-32-30(36(44)40(35(29)43)26-7-3-22(4-8-26)24-15-19-38-20-16-24)12-10-28(31(27)32)34(42)39(33)25-5-1-21(2-6-25)23-13-17-37-18-14-23;37-29-19-11-13-21-28-22(32(40)36(31(21)39)26-10-2-8-24-18(26)6-4-16-34-24)14-12-20(27(19)28)30(38)35(29)25-9-1-7-23-17(25)5-3-15-33-23;22-17-15-7-10-20-11-16(15)18(23)21(17)14-3-1-12(2-4-14)13-5-8-19-9-6-13/h1-20H;1-16H;1-11H. The van der Waals surface area contributed by atoms with Gasteiger partial charge in [0.05, 0.1) is 50.6 Å². The molecule has 21 heteroatoms. The molecular formula is C86H47N11O10. The molecule has 11 heterocycles. The van der Waals surface area contributed by atoms with Gasteiger partial charge in [0, 0.05) is 139 Å². The zero-order valence-corrected chi connectivity index (χ0v) is 55.6. The molecule has 0 spiro atoms. The average Bonchev–Trinajstić information content (AvgIpc) is 1.07. The van der Waals surface area contributed by atoms with Crippen LogP contribution in [0.25, 0.3) is 76.7 Å². The van der Waals surface area contributed by atoms with E-state index in [1.54, 1.807) is 177 Å². The van der Waals surface area contributed by atoms with E-state index in [1.165, 1.54) is 17.3 Å². The number of anilines is 5. The van der Waals surface area contributed by atoms with Gasteiger partial charge in [0.2, 0.25) is 0 Å². The third kappa shape index (κ3) is 10.2. The minimum atomic E-state index is -0.528. The van der Waals surface area contributed by atoms with Crippen LogP contribution in [0.1, 0.15) is 104 Å². The van der Waals surface area contributed by atoms with Crippen molar-refractivity contribution in [1.82, 2.24) is 29.9 Å². The van der Waals surface area contributed by atoms with Gasteiger partial charge in [0.1, 0.15) is 0 Å². The van der Waals surface area contributed by atoms with Crippen molar-refractivity contribution < 1.29 is 47.9 Å². The van der Waals surface area contributed by atoms with Crippen molar-refractivity contribution >= 4 is 131 Å². The Morgan fingerprint density at radius 3 is 0.757 bits per heavy atom. The number of amides is 10. The van der Waals surface area contributed by atoms with Crippen LogP contribution in [-0.4, -0.2) is 89.0 Å². The molecule has 15 aromatic rings. The number of aromatic nitrogens is 6. The van der Waals surface area contributed by atoms with E-state index in [0.29, 0.717) is 82.9 Å². The Labute approximate surface area is 605 Å². The molecule has 5 aliphatic heterocycles. The molecule has 0 unspecified atom stereocenters. The molecule has 0 N–H and O–H groups in total. The fourth-order valence-electron chi connectivity index (χ4n) is 14.6. The number of benzene rings is 9. The first-order valence-corrected chi connectivity index (χ1v) is 33.6. The normalized spacial score (nSPS) is 14.1. The Morgan fingerprint density at radius 1 is 0.196 bits per heavy atom. The molecule has 5 aliphatic rings. The average molecular weight is 1390 g/mol. The lowest BCUT2D eigenvalue weighted by atomic mass is 9.85. The van der Waals surface area contributed by atoms with Crippen LogP contribution in [0.2, 0.25) is 0 Å². The van der Waals surface area contributed by atoms with Crippen molar-refractivity contribution in [2.45, 2.75) is 0 Å². The molecule has 506 valence electrons. The summed E-state index contributed by atoms with van der Waals surface area (Å²) in [5, 5.41) is 2.61. The van der Waals surface area contributed by atoms with Gasteiger partial charge in [-0.3, -0.25) is 77.8 Å². The number of pyridine rings is 6. The SMILES string of the molecule is O=C1c2ccc3c4c(ccc(c24)C(=O)N1c1ccc(-c2ccncc2)cc1)C(=O)N(c1ccc(-c2ccncc2)cc1)C3=O.O=C1c2ccc3c4c(ccc(c24)C(=O)N1c1cccc2ncccc12)C(=O)N(c1cccc2ncccc12)C3=O.O=C1c2ccncc2C(=O)N1c1ccc(-c2ccncc2)cc1. The van der Waals surface area contributed by atoms with Gasteiger partial charge in [-0.15, -0.1) is 0 Å². The number of nitrogens with zero attached hydrogens (tertiary/aromatic N) is 11. The maximum atomic E-state index is 13.9. The zero-order valence-electron chi connectivity index (χ0n) is 55.6. The smallest absolute Gasteiger partial charge is 0.267 e. The van der Waals surface area contributed by atoms with Gasteiger partial charge < -0.3 is 0 Å². The van der Waals surface area contributed by atoms with Crippen molar-refractivity contribution in [3.63, 3.8) is 0 Å². The molecule has 0 aliphatic carbocycles. The number of rotatable bonds is 8. The molecule has 6 aromatic heterocycles. The summed E-state index contributed by atoms with van der Waals surface area (Å²) in [6.07, 6.45) is 16.5. The first kappa shape index (κ1) is 63.8. The van der Waals surface area contributed by atoms with Crippen molar-refractivity contribution in [1.29, 1.82) is 0 Å². The lowest BCUT2D eigenvalue weighted by Gasteiger charge is -2.32. The van der Waals surface area contributed by atoms with Crippen LogP contribution < -0.4 is 24.5 Å². The van der Waals surface area contributed by atoms with E-state index in [2.05, 4.69) is 29.9 Å². The topological polar surface area (TPSA) is 264 Å². The van der Waals surface area contributed by atoms with E-state index in [4.69, 9.17) is 0 Å². The molecule has 21 nitrogen and oxygen atoms in total. The Morgan fingerprint density at radius 2 is 0.458 bits per heavy atom. The van der Waals surface area contributed by atoms with E-state index in [0.717, 1.165) is 53.0 Å². The Balaban J connectivity index is 0.000000119. The molecule has 0 fully saturated rings. The van der Waals surface area contributed by atoms with Gasteiger partial charge >= 0.3 is 0 Å². The first-order chi connectivity index (χ1) is 52.3. The van der Waals surface area contributed by atoms with Crippen LogP contribution in [0, 0.1) is 0 Å². The molecule has 0 atom stereocenters. The maximum Gasteiger partial charge on any atom is 0.267 e. The summed E-state index contributed by atoms with van der Waals surface area (Å²) in [4.78, 5) is 166. The second-order valence-corrected chi connectivity index (χ2v) is 25.3. The molecule has 0 saturated heterocycles. The third-order valence-electron chi connectivity index (χ3n) is 19.6. The lowest BCUT2D eigenvalue weighted by molar-refractivity contribution is 0.0873. The van der Waals surface area contributed by atoms with E-state index in [9.17, 15) is 47.9 Å². The van der Waals surface area contributed by atoms with Crippen molar-refractivity contribution in [3.8, 4) is 33.4 Å². The second kappa shape index (κ2) is 25.3. The van der Waals surface area contributed by atoms with Crippen LogP contribution in [0.15, 0.2) is 286 Å². The summed E-state index contributed by atoms with van der Waals surface area (Å²) in [7, 11) is 0. The van der Waals surface area contributed by atoms with E-state index < -0.39 is 47.3 Å². The largest absolute Gasteiger partial charge is 0.268 e. The molecule has 107 heavy (non-hydrogen) atoms.